The average Bonchev–Trinajstić information content (AvgIpc) is 3.30. The Morgan fingerprint density at radius 2 is 2.09 bits per heavy atom. The van der Waals surface area contributed by atoms with Crippen LogP contribution in [0.25, 0.3) is 16.9 Å². The van der Waals surface area contributed by atoms with Gasteiger partial charge in [0, 0.05) is 23.9 Å². The van der Waals surface area contributed by atoms with Crippen molar-refractivity contribution in [2.75, 3.05) is 7.11 Å². The number of hydrogen-bond donors (Lipinski definition) is 1. The number of rotatable bonds is 9. The highest BCUT2D eigenvalue weighted by Gasteiger charge is 2.29. The van der Waals surface area contributed by atoms with Gasteiger partial charge < -0.3 is 23.9 Å². The first kappa shape index (κ1) is 21.7. The van der Waals surface area contributed by atoms with Crippen LogP contribution in [-0.2, 0) is 6.61 Å². The zero-order valence-corrected chi connectivity index (χ0v) is 18.0. The van der Waals surface area contributed by atoms with Crippen molar-refractivity contribution < 1.29 is 32.2 Å². The second-order valence-electron chi connectivity index (χ2n) is 7.67. The van der Waals surface area contributed by atoms with Gasteiger partial charge in [-0.1, -0.05) is 0 Å². The number of benzene rings is 1. The number of nitrogens with zero attached hydrogens (tertiary/aromatic N) is 3. The van der Waals surface area contributed by atoms with Crippen molar-refractivity contribution in [3.63, 3.8) is 0 Å². The number of alkyl halides is 2. The monoisotopic (exact) mass is 470 g/mol. The highest BCUT2D eigenvalue weighted by molar-refractivity contribution is 6.01. The van der Waals surface area contributed by atoms with E-state index in [0.717, 1.165) is 12.8 Å². The third-order valence-electron chi connectivity index (χ3n) is 5.29. The molecular weight excluding hydrogens is 450 g/mol. The highest BCUT2D eigenvalue weighted by Crippen LogP contribution is 2.37. The molecule has 1 saturated carbocycles. The summed E-state index contributed by atoms with van der Waals surface area (Å²) in [4.78, 5) is 20.9. The van der Waals surface area contributed by atoms with Crippen LogP contribution in [-0.4, -0.2) is 40.0 Å². The van der Waals surface area contributed by atoms with Crippen LogP contribution in [0.2, 0.25) is 0 Å². The van der Waals surface area contributed by atoms with Crippen LogP contribution in [0.1, 0.15) is 29.0 Å². The van der Waals surface area contributed by atoms with Crippen LogP contribution in [0.5, 0.6) is 17.2 Å². The third-order valence-corrected chi connectivity index (χ3v) is 5.29. The van der Waals surface area contributed by atoms with Crippen LogP contribution < -0.4 is 19.5 Å². The lowest BCUT2D eigenvalue weighted by Gasteiger charge is -2.16. The normalized spacial score (nSPS) is 13.3. The molecule has 11 heteroatoms. The van der Waals surface area contributed by atoms with Crippen molar-refractivity contribution in [3.05, 3.63) is 60.6 Å². The second-order valence-corrected chi connectivity index (χ2v) is 7.67. The number of oxazole rings is 1. The van der Waals surface area contributed by atoms with Gasteiger partial charge in [0.2, 0.25) is 0 Å². The van der Waals surface area contributed by atoms with Crippen LogP contribution >= 0.6 is 0 Å². The van der Waals surface area contributed by atoms with Gasteiger partial charge in [0.25, 0.3) is 5.91 Å². The molecule has 9 nitrogen and oxygen atoms in total. The Kier molecular flexibility index (Phi) is 5.74. The summed E-state index contributed by atoms with van der Waals surface area (Å²) < 4.78 is 49.1. The Labute approximate surface area is 192 Å². The Balaban J connectivity index is 1.49. The van der Waals surface area contributed by atoms with Gasteiger partial charge >= 0.3 is 6.61 Å². The van der Waals surface area contributed by atoms with E-state index in [-0.39, 0.29) is 29.7 Å². The minimum Gasteiger partial charge on any atom is -0.496 e. The first-order valence-corrected chi connectivity index (χ1v) is 10.5. The zero-order valence-electron chi connectivity index (χ0n) is 18.0. The summed E-state index contributed by atoms with van der Waals surface area (Å²) in [6, 6.07) is 6.48. The number of nitrogens with one attached hydrogen (secondary N) is 1. The van der Waals surface area contributed by atoms with E-state index in [1.54, 1.807) is 41.2 Å². The standard InChI is InChI=1S/C23H20F2N4O5/c1-31-18-6-13(7-19(34-23(24)25)21(18)22(30)28-14-2-3-14)17-10-27-20-8-15(4-5-29(17)20)32-11-16-9-26-12-33-16/h4-10,12,14,23H,2-3,11H2,1H3,(H,28,30). The number of fused-ring (bicyclic) bond motifs is 1. The van der Waals surface area contributed by atoms with E-state index in [4.69, 9.17) is 18.6 Å². The van der Waals surface area contributed by atoms with Crippen molar-refractivity contribution >= 4 is 11.6 Å². The fourth-order valence-electron chi connectivity index (χ4n) is 3.53. The molecule has 0 atom stereocenters. The van der Waals surface area contributed by atoms with Crippen molar-refractivity contribution in [3.8, 4) is 28.5 Å². The molecule has 3 aromatic heterocycles. The number of imidazole rings is 1. The predicted octanol–water partition coefficient (Wildman–Crippen LogP) is 4.07. The highest BCUT2D eigenvalue weighted by atomic mass is 19.3. The molecule has 0 radical (unpaired) electrons. The van der Waals surface area contributed by atoms with Crippen LogP contribution in [0.3, 0.4) is 0 Å². The molecule has 0 aliphatic heterocycles. The maximum atomic E-state index is 13.2. The smallest absolute Gasteiger partial charge is 0.387 e. The molecule has 0 unspecified atom stereocenters. The number of aromatic nitrogens is 3. The molecule has 176 valence electrons. The van der Waals surface area contributed by atoms with Gasteiger partial charge in [0.1, 0.15) is 35.1 Å². The first-order chi connectivity index (χ1) is 16.5. The summed E-state index contributed by atoms with van der Waals surface area (Å²) in [5.41, 5.74) is 1.56. The SMILES string of the molecule is COc1cc(-c2cnc3cc(OCc4cnco4)ccn23)cc(OC(F)F)c1C(=O)NC1CC1. The molecule has 3 heterocycles. The van der Waals surface area contributed by atoms with E-state index in [2.05, 4.69) is 15.3 Å². The summed E-state index contributed by atoms with van der Waals surface area (Å²) in [5.74, 6) is 0.465. The minimum absolute atomic E-state index is 0.0375. The van der Waals surface area contributed by atoms with Gasteiger partial charge in [0.05, 0.1) is 25.2 Å². The lowest BCUT2D eigenvalue weighted by Crippen LogP contribution is -2.26. The van der Waals surface area contributed by atoms with Crippen LogP contribution in [0, 0.1) is 0 Å². The third kappa shape index (κ3) is 4.49. The number of amides is 1. The maximum Gasteiger partial charge on any atom is 0.387 e. The van der Waals surface area contributed by atoms with E-state index >= 15 is 0 Å². The summed E-state index contributed by atoms with van der Waals surface area (Å²) >= 11 is 0. The molecular formula is C23H20F2N4O5. The largest absolute Gasteiger partial charge is 0.496 e. The van der Waals surface area contributed by atoms with Crippen molar-refractivity contribution in [1.82, 2.24) is 19.7 Å². The van der Waals surface area contributed by atoms with Gasteiger partial charge in [-0.25, -0.2) is 9.97 Å². The Bertz CT molecular complexity index is 1320. The van der Waals surface area contributed by atoms with Gasteiger partial charge in [-0.3, -0.25) is 9.20 Å². The molecule has 34 heavy (non-hydrogen) atoms. The first-order valence-electron chi connectivity index (χ1n) is 10.5. The molecule has 1 aliphatic rings. The van der Waals surface area contributed by atoms with E-state index in [0.29, 0.717) is 28.4 Å². The van der Waals surface area contributed by atoms with Crippen molar-refractivity contribution in [2.45, 2.75) is 32.1 Å². The second kappa shape index (κ2) is 9.00. The van der Waals surface area contributed by atoms with Crippen molar-refractivity contribution in [1.29, 1.82) is 0 Å². The van der Waals surface area contributed by atoms with Crippen LogP contribution in [0.15, 0.2) is 53.7 Å². The number of carbonyl (C=O) groups excluding carboxylic acids is 1. The number of pyridine rings is 1. The molecule has 0 bridgehead atoms. The molecule has 1 aliphatic carbocycles. The Morgan fingerprint density at radius 3 is 2.79 bits per heavy atom. The number of methoxy groups -OCH3 is 1. The Morgan fingerprint density at radius 1 is 1.26 bits per heavy atom. The number of hydrogen-bond acceptors (Lipinski definition) is 7. The number of ether oxygens (including phenoxy) is 3. The van der Waals surface area contributed by atoms with Crippen LogP contribution in [0.4, 0.5) is 8.78 Å². The molecule has 1 aromatic carbocycles. The quantitative estimate of drug-likeness (QED) is 0.394. The van der Waals surface area contributed by atoms with Crippen molar-refractivity contribution in [2.24, 2.45) is 0 Å². The maximum absolute atomic E-state index is 13.2. The fraction of sp³-hybridized carbons (Fsp3) is 0.261. The molecule has 4 aromatic rings. The fourth-order valence-corrected chi connectivity index (χ4v) is 3.53. The molecule has 1 fully saturated rings. The Hall–Kier alpha value is -4.15. The van der Waals surface area contributed by atoms with E-state index in [1.165, 1.54) is 19.6 Å². The molecule has 1 N–H and O–H groups in total. The van der Waals surface area contributed by atoms with Gasteiger partial charge in [0.15, 0.2) is 12.2 Å². The average molecular weight is 470 g/mol. The van der Waals surface area contributed by atoms with E-state index in [1.807, 2.05) is 0 Å². The summed E-state index contributed by atoms with van der Waals surface area (Å²) in [6.07, 6.45) is 7.91. The zero-order chi connectivity index (χ0) is 23.7. The molecule has 0 saturated heterocycles. The molecule has 0 spiro atoms. The summed E-state index contributed by atoms with van der Waals surface area (Å²) in [6.45, 7) is -2.90. The van der Waals surface area contributed by atoms with E-state index in [9.17, 15) is 13.6 Å². The molecule has 1 amide bonds. The predicted molar refractivity (Wildman–Crippen MR) is 115 cm³/mol. The lowest BCUT2D eigenvalue weighted by molar-refractivity contribution is -0.0502. The van der Waals surface area contributed by atoms with Gasteiger partial charge in [-0.2, -0.15) is 8.78 Å². The topological polar surface area (TPSA) is 100 Å². The summed E-state index contributed by atoms with van der Waals surface area (Å²) in [7, 11) is 1.37. The molecule has 5 rings (SSSR count). The van der Waals surface area contributed by atoms with E-state index < -0.39 is 12.5 Å². The summed E-state index contributed by atoms with van der Waals surface area (Å²) in [5, 5.41) is 2.78. The van der Waals surface area contributed by atoms with Gasteiger partial charge in [-0.15, -0.1) is 0 Å². The lowest BCUT2D eigenvalue weighted by atomic mass is 10.1. The number of halogens is 2. The van der Waals surface area contributed by atoms with Gasteiger partial charge in [-0.05, 0) is 31.0 Å². The minimum atomic E-state index is -3.11. The number of carbonyl (C=O) groups is 1.